The number of imide groups is 1. The fraction of sp³-hybridized carbons (Fsp3) is 0.846. The number of rotatable bonds is 3. The Morgan fingerprint density at radius 3 is 2.61 bits per heavy atom. The highest BCUT2D eigenvalue weighted by atomic mass is 35.5. The molecule has 0 aromatic rings. The van der Waals surface area contributed by atoms with Crippen molar-refractivity contribution in [2.75, 3.05) is 12.4 Å². The maximum Gasteiger partial charge on any atom is 0.325 e. The van der Waals surface area contributed by atoms with Crippen molar-refractivity contribution in [1.29, 1.82) is 0 Å². The van der Waals surface area contributed by atoms with Crippen LogP contribution < -0.4 is 5.32 Å². The third-order valence-electron chi connectivity index (χ3n) is 4.13. The zero-order valence-electron chi connectivity index (χ0n) is 11.0. The summed E-state index contributed by atoms with van der Waals surface area (Å²) in [6.07, 6.45) is 3.55. The molecule has 1 atom stereocenters. The van der Waals surface area contributed by atoms with Crippen LogP contribution in [-0.2, 0) is 4.79 Å². The van der Waals surface area contributed by atoms with Crippen LogP contribution in [-0.4, -0.2) is 34.8 Å². The van der Waals surface area contributed by atoms with Gasteiger partial charge in [0.2, 0.25) is 0 Å². The van der Waals surface area contributed by atoms with Gasteiger partial charge >= 0.3 is 6.03 Å². The van der Waals surface area contributed by atoms with Gasteiger partial charge in [0.25, 0.3) is 5.91 Å². The molecule has 0 bridgehead atoms. The van der Waals surface area contributed by atoms with E-state index in [1.165, 1.54) is 4.90 Å². The first-order valence-electron chi connectivity index (χ1n) is 6.68. The van der Waals surface area contributed by atoms with Crippen LogP contribution in [0.25, 0.3) is 0 Å². The lowest BCUT2D eigenvalue weighted by atomic mass is 9.77. The molecule has 3 amide bonds. The molecule has 1 aliphatic heterocycles. The maximum absolute atomic E-state index is 12.5. The SMILES string of the molecule is CC1CCC2(CC1)NC(=O)N(CC(C)CCl)C2=O. The zero-order chi connectivity index (χ0) is 13.3. The second-order valence-electron chi connectivity index (χ2n) is 5.87. The Kier molecular flexibility index (Phi) is 3.85. The molecule has 102 valence electrons. The molecule has 2 rings (SSSR count). The van der Waals surface area contributed by atoms with E-state index < -0.39 is 5.54 Å². The Hall–Kier alpha value is -0.770. The molecular weight excluding hydrogens is 252 g/mol. The topological polar surface area (TPSA) is 49.4 Å². The van der Waals surface area contributed by atoms with Gasteiger partial charge < -0.3 is 5.32 Å². The summed E-state index contributed by atoms with van der Waals surface area (Å²) in [6, 6.07) is -0.244. The zero-order valence-corrected chi connectivity index (χ0v) is 11.8. The van der Waals surface area contributed by atoms with E-state index in [-0.39, 0.29) is 17.9 Å². The van der Waals surface area contributed by atoms with Gasteiger partial charge in [-0.25, -0.2) is 4.79 Å². The van der Waals surface area contributed by atoms with Gasteiger partial charge in [-0.3, -0.25) is 9.69 Å². The van der Waals surface area contributed by atoms with Crippen LogP contribution in [0, 0.1) is 11.8 Å². The molecule has 1 heterocycles. The number of halogens is 1. The molecule has 1 unspecified atom stereocenters. The molecule has 0 aromatic heterocycles. The summed E-state index contributed by atoms with van der Waals surface area (Å²) in [6.45, 7) is 4.56. The Balaban J connectivity index is 2.09. The first-order chi connectivity index (χ1) is 8.48. The highest BCUT2D eigenvalue weighted by Crippen LogP contribution is 2.36. The van der Waals surface area contributed by atoms with Gasteiger partial charge in [0, 0.05) is 12.4 Å². The number of carbonyl (C=O) groups is 2. The number of hydrogen-bond donors (Lipinski definition) is 1. The van der Waals surface area contributed by atoms with Crippen molar-refractivity contribution in [3.63, 3.8) is 0 Å². The molecule has 1 saturated carbocycles. The highest BCUT2D eigenvalue weighted by molar-refractivity contribution is 6.18. The molecule has 1 N–H and O–H groups in total. The number of nitrogens with one attached hydrogen (secondary N) is 1. The van der Waals surface area contributed by atoms with Gasteiger partial charge in [-0.1, -0.05) is 13.8 Å². The Morgan fingerprint density at radius 1 is 1.44 bits per heavy atom. The maximum atomic E-state index is 12.5. The molecule has 4 nitrogen and oxygen atoms in total. The normalized spacial score (nSPS) is 33.9. The molecular formula is C13H21ClN2O2. The third kappa shape index (κ3) is 2.35. The van der Waals surface area contributed by atoms with E-state index in [2.05, 4.69) is 12.2 Å². The Morgan fingerprint density at radius 2 is 2.06 bits per heavy atom. The van der Waals surface area contributed by atoms with Gasteiger partial charge in [0.05, 0.1) is 0 Å². The lowest BCUT2D eigenvalue weighted by Gasteiger charge is -2.33. The van der Waals surface area contributed by atoms with E-state index in [4.69, 9.17) is 11.6 Å². The van der Waals surface area contributed by atoms with Gasteiger partial charge in [-0.2, -0.15) is 0 Å². The summed E-state index contributed by atoms with van der Waals surface area (Å²) in [4.78, 5) is 25.7. The van der Waals surface area contributed by atoms with E-state index in [0.717, 1.165) is 25.7 Å². The molecule has 2 aliphatic rings. The summed E-state index contributed by atoms with van der Waals surface area (Å²) in [5.41, 5.74) is -0.615. The molecule has 1 aliphatic carbocycles. The van der Waals surface area contributed by atoms with Gasteiger partial charge in [0.1, 0.15) is 5.54 Å². The molecule has 0 aromatic carbocycles. The summed E-state index contributed by atoms with van der Waals surface area (Å²) in [5.74, 6) is 1.20. The predicted molar refractivity (Wildman–Crippen MR) is 70.5 cm³/mol. The van der Waals surface area contributed by atoms with E-state index in [1.807, 2.05) is 6.92 Å². The van der Waals surface area contributed by atoms with E-state index in [9.17, 15) is 9.59 Å². The van der Waals surface area contributed by atoms with Crippen molar-refractivity contribution >= 4 is 23.5 Å². The summed E-state index contributed by atoms with van der Waals surface area (Å²) in [7, 11) is 0. The van der Waals surface area contributed by atoms with E-state index >= 15 is 0 Å². The van der Waals surface area contributed by atoms with Crippen molar-refractivity contribution in [1.82, 2.24) is 10.2 Å². The fourth-order valence-electron chi connectivity index (χ4n) is 2.80. The van der Waals surface area contributed by atoms with E-state index in [0.29, 0.717) is 18.3 Å². The van der Waals surface area contributed by atoms with Crippen molar-refractivity contribution in [3.8, 4) is 0 Å². The molecule has 1 spiro atoms. The van der Waals surface area contributed by atoms with Crippen LogP contribution in [0.2, 0.25) is 0 Å². The Bertz CT molecular complexity index is 351. The van der Waals surface area contributed by atoms with Gasteiger partial charge in [0.15, 0.2) is 0 Å². The summed E-state index contributed by atoms with van der Waals surface area (Å²) >= 11 is 5.75. The second-order valence-corrected chi connectivity index (χ2v) is 6.18. The molecule has 18 heavy (non-hydrogen) atoms. The molecule has 0 radical (unpaired) electrons. The first kappa shape index (κ1) is 13.7. The van der Waals surface area contributed by atoms with Crippen LogP contribution >= 0.6 is 11.6 Å². The quantitative estimate of drug-likeness (QED) is 0.633. The lowest BCUT2D eigenvalue weighted by molar-refractivity contribution is -0.133. The monoisotopic (exact) mass is 272 g/mol. The number of urea groups is 1. The fourth-order valence-corrected chi connectivity index (χ4v) is 2.89. The highest BCUT2D eigenvalue weighted by Gasteiger charge is 2.51. The number of nitrogens with zero attached hydrogens (tertiary/aromatic N) is 1. The average Bonchev–Trinajstić information content (AvgIpc) is 2.58. The van der Waals surface area contributed by atoms with Crippen LogP contribution in [0.15, 0.2) is 0 Å². The number of amides is 3. The molecule has 1 saturated heterocycles. The minimum Gasteiger partial charge on any atom is -0.323 e. The second kappa shape index (κ2) is 5.08. The average molecular weight is 273 g/mol. The van der Waals surface area contributed by atoms with Crippen molar-refractivity contribution in [2.24, 2.45) is 11.8 Å². The predicted octanol–water partition coefficient (Wildman–Crippen LogP) is 2.36. The number of hydrogen-bond acceptors (Lipinski definition) is 2. The van der Waals surface area contributed by atoms with Crippen LogP contribution in [0.4, 0.5) is 4.79 Å². The van der Waals surface area contributed by atoms with Crippen molar-refractivity contribution < 1.29 is 9.59 Å². The molecule has 2 fully saturated rings. The molecule has 5 heteroatoms. The standard InChI is InChI=1S/C13H21ClN2O2/c1-9-3-5-13(6-4-9)11(17)16(12(18)15-13)8-10(2)7-14/h9-10H,3-8H2,1-2H3,(H,15,18). The van der Waals surface area contributed by atoms with Crippen LogP contribution in [0.5, 0.6) is 0 Å². The van der Waals surface area contributed by atoms with Gasteiger partial charge in [-0.05, 0) is 37.5 Å². The smallest absolute Gasteiger partial charge is 0.323 e. The third-order valence-corrected chi connectivity index (χ3v) is 4.66. The first-order valence-corrected chi connectivity index (χ1v) is 7.22. The summed E-state index contributed by atoms with van der Waals surface area (Å²) in [5, 5.41) is 2.91. The minimum absolute atomic E-state index is 0.0450. The van der Waals surface area contributed by atoms with E-state index in [1.54, 1.807) is 0 Å². The van der Waals surface area contributed by atoms with Crippen molar-refractivity contribution in [2.45, 2.75) is 45.1 Å². The Labute approximate surface area is 113 Å². The van der Waals surface area contributed by atoms with Gasteiger partial charge in [-0.15, -0.1) is 11.6 Å². The summed E-state index contributed by atoms with van der Waals surface area (Å²) < 4.78 is 0. The largest absolute Gasteiger partial charge is 0.325 e. The number of carbonyl (C=O) groups excluding carboxylic acids is 2. The van der Waals surface area contributed by atoms with Crippen LogP contribution in [0.1, 0.15) is 39.5 Å². The van der Waals surface area contributed by atoms with Crippen LogP contribution in [0.3, 0.4) is 0 Å². The lowest BCUT2D eigenvalue weighted by Crippen LogP contribution is -2.49. The number of alkyl halides is 1. The minimum atomic E-state index is -0.615. The van der Waals surface area contributed by atoms with Crippen molar-refractivity contribution in [3.05, 3.63) is 0 Å².